The van der Waals surface area contributed by atoms with E-state index in [9.17, 15) is 13.2 Å². The van der Waals surface area contributed by atoms with Crippen LogP contribution in [0.15, 0.2) is 0 Å². The first-order chi connectivity index (χ1) is 10.2. The maximum atomic E-state index is 12.5. The van der Waals surface area contributed by atoms with Crippen molar-refractivity contribution in [3.8, 4) is 0 Å². The highest BCUT2D eigenvalue weighted by Gasteiger charge is 2.23. The molecule has 0 aliphatic carbocycles. The maximum absolute atomic E-state index is 12.5. The summed E-state index contributed by atoms with van der Waals surface area (Å²) in [5.74, 6) is 0. The van der Waals surface area contributed by atoms with Crippen LogP contribution in [0.2, 0.25) is 0 Å². The van der Waals surface area contributed by atoms with Crippen molar-refractivity contribution in [2.24, 2.45) is 0 Å². The zero-order valence-corrected chi connectivity index (χ0v) is 14.7. The third kappa shape index (κ3) is 9.19. The molecule has 0 aromatic carbocycles. The number of sulfonamides is 1. The van der Waals surface area contributed by atoms with Gasteiger partial charge in [-0.05, 0) is 20.3 Å². The van der Waals surface area contributed by atoms with Crippen molar-refractivity contribution < 1.29 is 22.8 Å². The number of nitrogens with zero attached hydrogens (tertiary/aromatic N) is 2. The molecule has 0 saturated carbocycles. The number of carbonyl (C=O) groups excluding carboxylic acids is 1. The van der Waals surface area contributed by atoms with E-state index in [4.69, 9.17) is 9.57 Å². The molecule has 0 spiro atoms. The van der Waals surface area contributed by atoms with Gasteiger partial charge in [-0.3, -0.25) is 4.84 Å². The second-order valence-corrected chi connectivity index (χ2v) is 6.85. The molecule has 0 aromatic rings. The number of rotatable bonds is 11. The number of hydrogen-bond acceptors (Lipinski definition) is 5. The normalized spacial score (nSPS) is 11.7. The number of hydroxylamine groups is 2. The van der Waals surface area contributed by atoms with Gasteiger partial charge in [-0.25, -0.2) is 23.0 Å². The molecular weight excluding hydrogens is 310 g/mol. The predicted molar refractivity (Wildman–Crippen MR) is 84.6 cm³/mol. The fourth-order valence-electron chi connectivity index (χ4n) is 1.65. The van der Waals surface area contributed by atoms with Gasteiger partial charge in [0, 0.05) is 26.2 Å². The molecule has 1 N–H and O–H groups in total. The molecule has 2 amide bonds. The average Bonchev–Trinajstić information content (AvgIpc) is 2.41. The van der Waals surface area contributed by atoms with Crippen molar-refractivity contribution in [3.05, 3.63) is 6.92 Å². The van der Waals surface area contributed by atoms with E-state index >= 15 is 0 Å². The van der Waals surface area contributed by atoms with Crippen LogP contribution in [0.4, 0.5) is 4.79 Å². The highest BCUT2D eigenvalue weighted by atomic mass is 32.2. The van der Waals surface area contributed by atoms with Crippen molar-refractivity contribution in [1.29, 1.82) is 0 Å². The van der Waals surface area contributed by atoms with E-state index in [-0.39, 0.29) is 25.2 Å². The van der Waals surface area contributed by atoms with Gasteiger partial charge in [-0.1, -0.05) is 6.92 Å². The minimum atomic E-state index is -3.27. The minimum Gasteiger partial charge on any atom is -0.383 e. The smallest absolute Gasteiger partial charge is 0.344 e. The lowest BCUT2D eigenvalue weighted by molar-refractivity contribution is -0.124. The minimum absolute atomic E-state index is 0.00675. The van der Waals surface area contributed by atoms with Crippen molar-refractivity contribution in [2.75, 3.05) is 46.2 Å². The van der Waals surface area contributed by atoms with Gasteiger partial charge in [0.05, 0.1) is 26.0 Å². The second-order valence-electron chi connectivity index (χ2n) is 5.02. The largest absolute Gasteiger partial charge is 0.383 e. The van der Waals surface area contributed by atoms with Gasteiger partial charge < -0.3 is 9.64 Å². The van der Waals surface area contributed by atoms with Gasteiger partial charge in [0.15, 0.2) is 0 Å². The number of hydrogen-bond donors (Lipinski definition) is 1. The van der Waals surface area contributed by atoms with E-state index in [0.29, 0.717) is 26.1 Å². The molecule has 8 nitrogen and oxygen atoms in total. The van der Waals surface area contributed by atoms with Crippen LogP contribution in [-0.4, -0.2) is 76.7 Å². The third-order valence-corrected chi connectivity index (χ3v) is 3.42. The van der Waals surface area contributed by atoms with E-state index in [1.54, 1.807) is 12.0 Å². The molecule has 22 heavy (non-hydrogen) atoms. The molecule has 131 valence electrons. The molecule has 0 heterocycles. The molecule has 1 radical (unpaired) electrons. The molecule has 0 aliphatic heterocycles. The number of carbonyl (C=O) groups is 1. The Morgan fingerprint density at radius 1 is 1.27 bits per heavy atom. The lowest BCUT2D eigenvalue weighted by Gasteiger charge is -2.32. The first-order valence-electron chi connectivity index (χ1n) is 7.16. The van der Waals surface area contributed by atoms with Crippen LogP contribution in [0, 0.1) is 6.92 Å². The Bertz CT molecular complexity index is 414. The number of nitrogens with one attached hydrogen (secondary N) is 1. The first-order valence-corrected chi connectivity index (χ1v) is 9.06. The van der Waals surface area contributed by atoms with Crippen LogP contribution in [0.3, 0.4) is 0 Å². The summed E-state index contributed by atoms with van der Waals surface area (Å²) in [6, 6.07) is -0.289. The Hall–Kier alpha value is -0.900. The van der Waals surface area contributed by atoms with Crippen LogP contribution in [0.1, 0.15) is 20.3 Å². The number of urea groups is 1. The zero-order chi connectivity index (χ0) is 17.2. The molecule has 0 rings (SSSR count). The van der Waals surface area contributed by atoms with Gasteiger partial charge >= 0.3 is 6.03 Å². The molecule has 0 bridgehead atoms. The standard InChI is InChI=1S/C13H28N3O5S/c1-6-8-16(21-10-7-14-22(5,18)19)13(17)15(12(2)3)9-11-20-4/h12,14H,1,6-11H2,2-5H3. The fraction of sp³-hybridized carbons (Fsp3) is 0.846. The summed E-state index contributed by atoms with van der Waals surface area (Å²) < 4.78 is 29.3. The number of methoxy groups -OCH3 is 1. The molecule has 0 unspecified atom stereocenters. The van der Waals surface area contributed by atoms with Crippen LogP contribution in [0.5, 0.6) is 0 Å². The Morgan fingerprint density at radius 2 is 1.91 bits per heavy atom. The molecule has 0 aliphatic rings. The summed E-state index contributed by atoms with van der Waals surface area (Å²) in [4.78, 5) is 19.5. The van der Waals surface area contributed by atoms with Crippen molar-refractivity contribution in [2.45, 2.75) is 26.3 Å². The van der Waals surface area contributed by atoms with Gasteiger partial charge in [-0.2, -0.15) is 0 Å². The Balaban J connectivity index is 4.58. The molecule has 9 heteroatoms. The molecule has 0 atom stereocenters. The Morgan fingerprint density at radius 3 is 2.36 bits per heavy atom. The number of amides is 2. The Labute approximate surface area is 133 Å². The van der Waals surface area contributed by atoms with E-state index in [2.05, 4.69) is 11.6 Å². The third-order valence-electron chi connectivity index (χ3n) is 2.69. The molecular formula is C13H28N3O5S. The monoisotopic (exact) mass is 338 g/mol. The zero-order valence-electron chi connectivity index (χ0n) is 13.9. The van der Waals surface area contributed by atoms with Crippen molar-refractivity contribution in [1.82, 2.24) is 14.7 Å². The number of ether oxygens (including phenoxy) is 1. The summed E-state index contributed by atoms with van der Waals surface area (Å²) >= 11 is 0. The summed E-state index contributed by atoms with van der Waals surface area (Å²) in [7, 11) is -1.70. The quantitative estimate of drug-likeness (QED) is 0.437. The lowest BCUT2D eigenvalue weighted by atomic mass is 10.3. The topological polar surface area (TPSA) is 88.2 Å². The molecule has 0 saturated heterocycles. The lowest BCUT2D eigenvalue weighted by Crippen LogP contribution is -2.48. The van der Waals surface area contributed by atoms with Crippen molar-refractivity contribution in [3.63, 3.8) is 0 Å². The Kier molecular flexibility index (Phi) is 10.3. The van der Waals surface area contributed by atoms with Gasteiger partial charge in [0.2, 0.25) is 10.0 Å². The average molecular weight is 338 g/mol. The molecule has 0 aromatic heterocycles. The first kappa shape index (κ1) is 21.1. The van der Waals surface area contributed by atoms with Crippen LogP contribution in [-0.2, 0) is 19.6 Å². The van der Waals surface area contributed by atoms with Crippen molar-refractivity contribution >= 4 is 16.1 Å². The van der Waals surface area contributed by atoms with E-state index in [1.807, 2.05) is 13.8 Å². The SMILES string of the molecule is [CH2]CCN(OCCNS(C)(=O)=O)C(=O)N(CCOC)C(C)C. The van der Waals surface area contributed by atoms with E-state index in [1.165, 1.54) is 5.06 Å². The second kappa shape index (κ2) is 10.8. The fourth-order valence-corrected chi connectivity index (χ4v) is 2.10. The van der Waals surface area contributed by atoms with Gasteiger partial charge in [-0.15, -0.1) is 0 Å². The van der Waals surface area contributed by atoms with Gasteiger partial charge in [0.25, 0.3) is 0 Å². The van der Waals surface area contributed by atoms with Gasteiger partial charge in [0.1, 0.15) is 0 Å². The van der Waals surface area contributed by atoms with E-state index in [0.717, 1.165) is 6.26 Å². The summed E-state index contributed by atoms with van der Waals surface area (Å²) in [5, 5.41) is 1.21. The summed E-state index contributed by atoms with van der Waals surface area (Å²) in [5.41, 5.74) is 0. The highest BCUT2D eigenvalue weighted by Crippen LogP contribution is 2.06. The molecule has 0 fully saturated rings. The maximum Gasteiger partial charge on any atom is 0.344 e. The van der Waals surface area contributed by atoms with E-state index < -0.39 is 10.0 Å². The van der Waals surface area contributed by atoms with Crippen LogP contribution < -0.4 is 4.72 Å². The van der Waals surface area contributed by atoms with Crippen LogP contribution >= 0.6 is 0 Å². The summed E-state index contributed by atoms with van der Waals surface area (Å²) in [6.07, 6.45) is 1.55. The van der Waals surface area contributed by atoms with Crippen LogP contribution in [0.25, 0.3) is 0 Å². The summed E-state index contributed by atoms with van der Waals surface area (Å²) in [6.45, 7) is 8.89. The predicted octanol–water partition coefficient (Wildman–Crippen LogP) is 0.470. The highest BCUT2D eigenvalue weighted by molar-refractivity contribution is 7.88.